The molecule has 2 rings (SSSR count). The highest BCUT2D eigenvalue weighted by Crippen LogP contribution is 2.26. The van der Waals surface area contributed by atoms with Crippen molar-refractivity contribution in [2.45, 2.75) is 25.0 Å². The maximum Gasteiger partial charge on any atom is 0.269 e. The summed E-state index contributed by atoms with van der Waals surface area (Å²) in [6.07, 6.45) is 2.22. The summed E-state index contributed by atoms with van der Waals surface area (Å²) in [6, 6.07) is 6.76. The van der Waals surface area contributed by atoms with Crippen molar-refractivity contribution in [2.24, 2.45) is 0 Å². The Morgan fingerprint density at radius 2 is 2.00 bits per heavy atom. The number of nitro benzene ring substituents is 1. The molecule has 5 nitrogen and oxygen atoms in total. The summed E-state index contributed by atoms with van der Waals surface area (Å²) in [5.41, 5.74) is 0.0917. The quantitative estimate of drug-likeness (QED) is 0.622. The van der Waals surface area contributed by atoms with Gasteiger partial charge in [-0.05, 0) is 32.0 Å². The van der Waals surface area contributed by atoms with E-state index in [9.17, 15) is 10.1 Å². The predicted octanol–water partition coefficient (Wildman–Crippen LogP) is 1.72. The van der Waals surface area contributed by atoms with E-state index >= 15 is 0 Å². The van der Waals surface area contributed by atoms with E-state index in [-0.39, 0.29) is 11.8 Å². The molecule has 1 N–H and O–H groups in total. The van der Waals surface area contributed by atoms with Gasteiger partial charge in [0.05, 0.1) is 4.92 Å². The van der Waals surface area contributed by atoms with Crippen LogP contribution >= 0.6 is 0 Å². The molecule has 5 heteroatoms. The van der Waals surface area contributed by atoms with E-state index in [1.54, 1.807) is 12.1 Å². The zero-order chi connectivity index (χ0) is 11.5. The molecule has 86 valence electrons. The summed E-state index contributed by atoms with van der Waals surface area (Å²) in [5.74, 6) is 0.699. The van der Waals surface area contributed by atoms with Crippen LogP contribution in [0.5, 0.6) is 5.75 Å². The summed E-state index contributed by atoms with van der Waals surface area (Å²) >= 11 is 0. The van der Waals surface area contributed by atoms with Gasteiger partial charge in [0.1, 0.15) is 11.9 Å². The van der Waals surface area contributed by atoms with Gasteiger partial charge >= 0.3 is 0 Å². The van der Waals surface area contributed by atoms with Crippen LogP contribution in [0.2, 0.25) is 0 Å². The molecular weight excluding hydrogens is 208 g/mol. The van der Waals surface area contributed by atoms with Crippen LogP contribution in [-0.2, 0) is 0 Å². The Morgan fingerprint density at radius 3 is 2.50 bits per heavy atom. The molecule has 1 aliphatic rings. The third-order valence-electron chi connectivity index (χ3n) is 2.85. The van der Waals surface area contributed by atoms with Gasteiger partial charge in [-0.1, -0.05) is 0 Å². The molecular formula is C11H14N2O3. The molecule has 0 heterocycles. The van der Waals surface area contributed by atoms with E-state index in [4.69, 9.17) is 4.74 Å². The average molecular weight is 222 g/mol. The smallest absolute Gasteiger partial charge is 0.269 e. The van der Waals surface area contributed by atoms with Gasteiger partial charge in [0.2, 0.25) is 0 Å². The highest BCUT2D eigenvalue weighted by atomic mass is 16.6. The van der Waals surface area contributed by atoms with E-state index in [1.807, 2.05) is 7.05 Å². The number of rotatable bonds is 4. The SMILES string of the molecule is CNC1CC(Oc2ccc([N+](=O)[O-])cc2)C1. The minimum Gasteiger partial charge on any atom is -0.490 e. The topological polar surface area (TPSA) is 64.4 Å². The number of non-ortho nitro benzene ring substituents is 1. The lowest BCUT2D eigenvalue weighted by atomic mass is 9.89. The number of nitrogens with one attached hydrogen (secondary N) is 1. The summed E-state index contributed by atoms with van der Waals surface area (Å²) in [5, 5.41) is 13.6. The van der Waals surface area contributed by atoms with E-state index < -0.39 is 4.92 Å². The van der Waals surface area contributed by atoms with Crippen molar-refractivity contribution < 1.29 is 9.66 Å². The van der Waals surface area contributed by atoms with Crippen LogP contribution in [0.1, 0.15) is 12.8 Å². The molecule has 0 bridgehead atoms. The lowest BCUT2D eigenvalue weighted by Gasteiger charge is -2.35. The lowest BCUT2D eigenvalue weighted by Crippen LogP contribution is -2.45. The largest absolute Gasteiger partial charge is 0.490 e. The zero-order valence-corrected chi connectivity index (χ0v) is 9.05. The van der Waals surface area contributed by atoms with Gasteiger partial charge in [-0.15, -0.1) is 0 Å². The van der Waals surface area contributed by atoms with Gasteiger partial charge in [-0.2, -0.15) is 0 Å². The van der Waals surface area contributed by atoms with Crippen molar-refractivity contribution in [3.8, 4) is 5.75 Å². The summed E-state index contributed by atoms with van der Waals surface area (Å²) < 4.78 is 5.65. The number of ether oxygens (including phenoxy) is 1. The average Bonchev–Trinajstić information content (AvgIpc) is 2.23. The first-order valence-electron chi connectivity index (χ1n) is 5.27. The molecule has 1 fully saturated rings. The monoisotopic (exact) mass is 222 g/mol. The first-order valence-corrected chi connectivity index (χ1v) is 5.27. The number of nitro groups is 1. The van der Waals surface area contributed by atoms with Crippen molar-refractivity contribution in [3.05, 3.63) is 34.4 Å². The van der Waals surface area contributed by atoms with Crippen LogP contribution in [0.15, 0.2) is 24.3 Å². The van der Waals surface area contributed by atoms with Crippen molar-refractivity contribution in [2.75, 3.05) is 7.05 Å². The second-order valence-electron chi connectivity index (χ2n) is 3.95. The second kappa shape index (κ2) is 4.49. The second-order valence-corrected chi connectivity index (χ2v) is 3.95. The number of benzene rings is 1. The molecule has 0 spiro atoms. The highest BCUT2D eigenvalue weighted by Gasteiger charge is 2.29. The van der Waals surface area contributed by atoms with Crippen molar-refractivity contribution >= 4 is 5.69 Å². The van der Waals surface area contributed by atoms with E-state index in [0.717, 1.165) is 12.8 Å². The van der Waals surface area contributed by atoms with E-state index in [0.29, 0.717) is 11.8 Å². The van der Waals surface area contributed by atoms with Crippen LogP contribution in [0, 0.1) is 10.1 Å². The van der Waals surface area contributed by atoms with Gasteiger partial charge in [0.25, 0.3) is 5.69 Å². The van der Waals surface area contributed by atoms with E-state index in [1.165, 1.54) is 12.1 Å². The van der Waals surface area contributed by atoms with Crippen LogP contribution in [0.3, 0.4) is 0 Å². The minimum atomic E-state index is -0.413. The van der Waals surface area contributed by atoms with Crippen molar-refractivity contribution in [1.82, 2.24) is 5.32 Å². The van der Waals surface area contributed by atoms with Gasteiger partial charge in [0, 0.05) is 18.2 Å². The molecule has 0 radical (unpaired) electrons. The van der Waals surface area contributed by atoms with Crippen LogP contribution in [0.25, 0.3) is 0 Å². The van der Waals surface area contributed by atoms with Gasteiger partial charge < -0.3 is 10.1 Å². The molecule has 1 aliphatic carbocycles. The van der Waals surface area contributed by atoms with Crippen molar-refractivity contribution in [3.63, 3.8) is 0 Å². The Morgan fingerprint density at radius 1 is 1.38 bits per heavy atom. The molecule has 0 unspecified atom stereocenters. The van der Waals surface area contributed by atoms with Crippen LogP contribution < -0.4 is 10.1 Å². The maximum atomic E-state index is 10.4. The van der Waals surface area contributed by atoms with Crippen LogP contribution in [0.4, 0.5) is 5.69 Å². The molecule has 1 aromatic carbocycles. The minimum absolute atomic E-state index is 0.0917. The molecule has 0 aromatic heterocycles. The Hall–Kier alpha value is -1.62. The molecule has 16 heavy (non-hydrogen) atoms. The summed E-state index contributed by atoms with van der Waals surface area (Å²) in [7, 11) is 1.94. The molecule has 0 amide bonds. The number of hydrogen-bond acceptors (Lipinski definition) is 4. The first-order chi connectivity index (χ1) is 7.69. The standard InChI is InChI=1S/C11H14N2O3/c1-12-8-6-11(7-8)16-10-4-2-9(3-5-10)13(14)15/h2-5,8,11-12H,6-7H2,1H3. The molecule has 0 saturated heterocycles. The molecule has 1 saturated carbocycles. The van der Waals surface area contributed by atoms with Crippen molar-refractivity contribution in [1.29, 1.82) is 0 Å². The Labute approximate surface area is 93.6 Å². The number of nitrogens with zero attached hydrogens (tertiary/aromatic N) is 1. The fourth-order valence-electron chi connectivity index (χ4n) is 1.74. The Kier molecular flexibility index (Phi) is 3.05. The Bertz CT molecular complexity index is 371. The molecule has 0 atom stereocenters. The highest BCUT2D eigenvalue weighted by molar-refractivity contribution is 5.36. The first kappa shape index (κ1) is 10.9. The van der Waals surface area contributed by atoms with Gasteiger partial charge in [-0.3, -0.25) is 10.1 Å². The summed E-state index contributed by atoms with van der Waals surface area (Å²) in [4.78, 5) is 10.0. The third-order valence-corrected chi connectivity index (χ3v) is 2.85. The molecule has 1 aromatic rings. The lowest BCUT2D eigenvalue weighted by molar-refractivity contribution is -0.384. The van der Waals surface area contributed by atoms with E-state index in [2.05, 4.69) is 5.32 Å². The fourth-order valence-corrected chi connectivity index (χ4v) is 1.74. The fraction of sp³-hybridized carbons (Fsp3) is 0.455. The maximum absolute atomic E-state index is 10.4. The summed E-state index contributed by atoms with van der Waals surface area (Å²) in [6.45, 7) is 0. The molecule has 0 aliphatic heterocycles. The third kappa shape index (κ3) is 2.30. The van der Waals surface area contributed by atoms with Crippen LogP contribution in [-0.4, -0.2) is 24.1 Å². The predicted molar refractivity (Wildman–Crippen MR) is 59.6 cm³/mol. The van der Waals surface area contributed by atoms with Gasteiger partial charge in [0.15, 0.2) is 0 Å². The van der Waals surface area contributed by atoms with Gasteiger partial charge in [-0.25, -0.2) is 0 Å². The zero-order valence-electron chi connectivity index (χ0n) is 9.05. The number of hydrogen-bond donors (Lipinski definition) is 1. The Balaban J connectivity index is 1.89. The normalized spacial score (nSPS) is 23.6.